The molecule has 0 aliphatic heterocycles. The number of hydrogen-bond donors (Lipinski definition) is 1. The van der Waals surface area contributed by atoms with Gasteiger partial charge in [-0.3, -0.25) is 0 Å². The molecule has 1 nitrogen and oxygen atoms in total. The summed E-state index contributed by atoms with van der Waals surface area (Å²) in [6.45, 7) is 3.49. The first-order valence-electron chi connectivity index (χ1n) is 4.53. The highest BCUT2D eigenvalue weighted by molar-refractivity contribution is 7.10. The summed E-state index contributed by atoms with van der Waals surface area (Å²) in [5.74, 6) is 1.59. The molecular weight excluding hydrogens is 166 g/mol. The Morgan fingerprint density at radius 3 is 3.25 bits per heavy atom. The molecule has 0 saturated heterocycles. The molecular formula is C10H15NS. The van der Waals surface area contributed by atoms with E-state index in [1.807, 2.05) is 18.4 Å². The molecule has 0 radical (unpaired) electrons. The molecule has 0 bridgehead atoms. The van der Waals surface area contributed by atoms with Crippen LogP contribution in [0.4, 0.5) is 0 Å². The molecule has 2 heteroatoms. The summed E-state index contributed by atoms with van der Waals surface area (Å²) in [5.41, 5.74) is 1.60. The van der Waals surface area contributed by atoms with Gasteiger partial charge in [0.2, 0.25) is 0 Å². The molecule has 1 N–H and O–H groups in total. The van der Waals surface area contributed by atoms with Crippen LogP contribution in [0.15, 0.2) is 11.4 Å². The van der Waals surface area contributed by atoms with E-state index >= 15 is 0 Å². The van der Waals surface area contributed by atoms with Gasteiger partial charge in [0.15, 0.2) is 0 Å². The maximum absolute atomic E-state index is 3.28. The van der Waals surface area contributed by atoms with Gasteiger partial charge < -0.3 is 5.32 Å². The monoisotopic (exact) mass is 181 g/mol. The van der Waals surface area contributed by atoms with Gasteiger partial charge in [0, 0.05) is 17.3 Å². The normalized spacial score (nSPS) is 27.5. The van der Waals surface area contributed by atoms with Gasteiger partial charge in [-0.2, -0.15) is 0 Å². The molecule has 0 fully saturated rings. The van der Waals surface area contributed by atoms with E-state index in [2.05, 4.69) is 23.7 Å². The van der Waals surface area contributed by atoms with Crippen LogP contribution in [0.2, 0.25) is 0 Å². The number of nitrogens with one attached hydrogen (secondary N) is 1. The molecule has 1 aliphatic rings. The third-order valence-electron chi connectivity index (χ3n) is 2.80. The third kappa shape index (κ3) is 1.19. The van der Waals surface area contributed by atoms with Gasteiger partial charge in [-0.25, -0.2) is 0 Å². The summed E-state index contributed by atoms with van der Waals surface area (Å²) in [7, 11) is 2.04. The average molecular weight is 181 g/mol. The van der Waals surface area contributed by atoms with Gasteiger partial charge in [-0.05, 0) is 36.4 Å². The standard InChI is InChI=1S/C10H15NS/c1-7-5-10-8(3-4-12-10)9(7)6-11-2/h3-4,7,9,11H,5-6H2,1-2H3. The second-order valence-corrected chi connectivity index (χ2v) is 4.65. The van der Waals surface area contributed by atoms with Crippen LogP contribution >= 0.6 is 11.3 Å². The number of rotatable bonds is 2. The minimum Gasteiger partial charge on any atom is -0.319 e. The zero-order chi connectivity index (χ0) is 8.55. The predicted octanol–water partition coefficient (Wildman–Crippen LogP) is 2.24. The fraction of sp³-hybridized carbons (Fsp3) is 0.600. The molecule has 1 aliphatic carbocycles. The van der Waals surface area contributed by atoms with Gasteiger partial charge >= 0.3 is 0 Å². The molecule has 0 saturated carbocycles. The summed E-state index contributed by atoms with van der Waals surface area (Å²) < 4.78 is 0. The van der Waals surface area contributed by atoms with Crippen LogP contribution in [0.5, 0.6) is 0 Å². The van der Waals surface area contributed by atoms with Gasteiger partial charge in [0.05, 0.1) is 0 Å². The van der Waals surface area contributed by atoms with Crippen LogP contribution in [0.3, 0.4) is 0 Å². The van der Waals surface area contributed by atoms with Crippen LogP contribution in [0.25, 0.3) is 0 Å². The summed E-state index contributed by atoms with van der Waals surface area (Å²) in [6, 6.07) is 2.30. The maximum atomic E-state index is 3.28. The fourth-order valence-electron chi connectivity index (χ4n) is 2.12. The van der Waals surface area contributed by atoms with Crippen molar-refractivity contribution in [3.05, 3.63) is 21.9 Å². The van der Waals surface area contributed by atoms with Crippen molar-refractivity contribution >= 4 is 11.3 Å². The zero-order valence-electron chi connectivity index (χ0n) is 7.63. The summed E-state index contributed by atoms with van der Waals surface area (Å²) in [5, 5.41) is 5.50. The molecule has 0 aromatic carbocycles. The second kappa shape index (κ2) is 3.19. The van der Waals surface area contributed by atoms with E-state index in [-0.39, 0.29) is 0 Å². The van der Waals surface area contributed by atoms with Crippen molar-refractivity contribution in [3.63, 3.8) is 0 Å². The Morgan fingerprint density at radius 1 is 1.67 bits per heavy atom. The van der Waals surface area contributed by atoms with Crippen molar-refractivity contribution in [3.8, 4) is 0 Å². The quantitative estimate of drug-likeness (QED) is 0.738. The highest BCUT2D eigenvalue weighted by Crippen LogP contribution is 2.39. The molecule has 2 unspecified atom stereocenters. The lowest BCUT2D eigenvalue weighted by molar-refractivity contribution is 0.480. The molecule has 1 aromatic rings. The van der Waals surface area contributed by atoms with Crippen LogP contribution in [0, 0.1) is 5.92 Å². The summed E-state index contributed by atoms with van der Waals surface area (Å²) >= 11 is 1.92. The van der Waals surface area contributed by atoms with Crippen LogP contribution < -0.4 is 5.32 Å². The molecule has 0 spiro atoms. The number of likely N-dealkylation sites (N-methyl/N-ethyl adjacent to an activating group) is 1. The van der Waals surface area contributed by atoms with Crippen molar-refractivity contribution in [2.75, 3.05) is 13.6 Å². The summed E-state index contributed by atoms with van der Waals surface area (Å²) in [4.78, 5) is 1.61. The van der Waals surface area contributed by atoms with E-state index in [0.29, 0.717) is 0 Å². The lowest BCUT2D eigenvalue weighted by Gasteiger charge is -2.14. The molecule has 2 atom stereocenters. The largest absolute Gasteiger partial charge is 0.319 e. The highest BCUT2D eigenvalue weighted by Gasteiger charge is 2.29. The number of thiophene rings is 1. The molecule has 0 amide bonds. The second-order valence-electron chi connectivity index (χ2n) is 3.64. The van der Waals surface area contributed by atoms with Gasteiger partial charge in [-0.15, -0.1) is 11.3 Å². The lowest BCUT2D eigenvalue weighted by atomic mass is 9.95. The predicted molar refractivity (Wildman–Crippen MR) is 53.9 cm³/mol. The zero-order valence-corrected chi connectivity index (χ0v) is 8.45. The van der Waals surface area contributed by atoms with Crippen LogP contribution in [-0.4, -0.2) is 13.6 Å². The van der Waals surface area contributed by atoms with E-state index < -0.39 is 0 Å². The first-order chi connectivity index (χ1) is 5.83. The number of fused-ring (bicyclic) bond motifs is 1. The number of hydrogen-bond acceptors (Lipinski definition) is 2. The molecule has 2 rings (SSSR count). The minimum atomic E-state index is 0.760. The van der Waals surface area contributed by atoms with E-state index in [9.17, 15) is 0 Å². The SMILES string of the molecule is CNCC1c2ccsc2CC1C. The summed E-state index contributed by atoms with van der Waals surface area (Å²) in [6.07, 6.45) is 1.29. The Balaban J connectivity index is 2.23. The molecule has 1 aromatic heterocycles. The fourth-order valence-corrected chi connectivity index (χ4v) is 3.21. The van der Waals surface area contributed by atoms with Gasteiger partial charge in [-0.1, -0.05) is 6.92 Å². The Morgan fingerprint density at radius 2 is 2.50 bits per heavy atom. The van der Waals surface area contributed by atoms with Crippen molar-refractivity contribution in [2.24, 2.45) is 5.92 Å². The van der Waals surface area contributed by atoms with E-state index in [4.69, 9.17) is 0 Å². The maximum Gasteiger partial charge on any atom is 0.00835 e. The van der Waals surface area contributed by atoms with Crippen molar-refractivity contribution in [1.82, 2.24) is 5.32 Å². The Kier molecular flexibility index (Phi) is 2.20. The first-order valence-corrected chi connectivity index (χ1v) is 5.41. The van der Waals surface area contributed by atoms with Crippen molar-refractivity contribution < 1.29 is 0 Å². The Labute approximate surface area is 77.8 Å². The lowest BCUT2D eigenvalue weighted by Crippen LogP contribution is -2.19. The first kappa shape index (κ1) is 8.27. The van der Waals surface area contributed by atoms with E-state index in [1.54, 1.807) is 10.4 Å². The van der Waals surface area contributed by atoms with E-state index in [0.717, 1.165) is 18.4 Å². The van der Waals surface area contributed by atoms with Gasteiger partial charge in [0.25, 0.3) is 0 Å². The molecule has 12 heavy (non-hydrogen) atoms. The molecule has 66 valence electrons. The van der Waals surface area contributed by atoms with Crippen LogP contribution in [-0.2, 0) is 6.42 Å². The Bertz CT molecular complexity index is 267. The topological polar surface area (TPSA) is 12.0 Å². The smallest absolute Gasteiger partial charge is 0.00835 e. The van der Waals surface area contributed by atoms with Gasteiger partial charge in [0.1, 0.15) is 0 Å². The molecule has 1 heterocycles. The Hall–Kier alpha value is -0.340. The minimum absolute atomic E-state index is 0.760. The average Bonchev–Trinajstić information content (AvgIpc) is 2.56. The van der Waals surface area contributed by atoms with Crippen molar-refractivity contribution in [2.45, 2.75) is 19.3 Å². The van der Waals surface area contributed by atoms with Crippen molar-refractivity contribution in [1.29, 1.82) is 0 Å². The van der Waals surface area contributed by atoms with Crippen LogP contribution in [0.1, 0.15) is 23.3 Å². The third-order valence-corrected chi connectivity index (χ3v) is 3.76. The highest BCUT2D eigenvalue weighted by atomic mass is 32.1. The van der Waals surface area contributed by atoms with E-state index in [1.165, 1.54) is 6.42 Å².